The minimum atomic E-state index is -0.316. The lowest BCUT2D eigenvalue weighted by molar-refractivity contribution is -0.385. The second-order valence-corrected chi connectivity index (χ2v) is 5.20. The molecule has 0 amide bonds. The summed E-state index contributed by atoms with van der Waals surface area (Å²) < 4.78 is 0. The van der Waals surface area contributed by atoms with E-state index in [2.05, 4.69) is 17.3 Å². The molecule has 5 nitrogen and oxygen atoms in total. The molecule has 1 aromatic carbocycles. The van der Waals surface area contributed by atoms with Crippen LogP contribution in [0.2, 0.25) is 0 Å². The molecule has 1 atom stereocenters. The van der Waals surface area contributed by atoms with Crippen LogP contribution in [-0.2, 0) is 0 Å². The first-order chi connectivity index (χ1) is 9.09. The Morgan fingerprint density at radius 1 is 1.47 bits per heavy atom. The van der Waals surface area contributed by atoms with Gasteiger partial charge in [-0.15, -0.1) is 0 Å². The average molecular weight is 263 g/mol. The number of hydrogen-bond donors (Lipinski definition) is 1. The van der Waals surface area contributed by atoms with E-state index in [1.54, 1.807) is 12.1 Å². The van der Waals surface area contributed by atoms with Gasteiger partial charge in [0.15, 0.2) is 0 Å². The zero-order valence-corrected chi connectivity index (χ0v) is 11.5. The molecule has 2 rings (SSSR count). The molecule has 0 spiro atoms. The molecule has 104 valence electrons. The molecule has 1 fully saturated rings. The van der Waals surface area contributed by atoms with Crippen molar-refractivity contribution >= 4 is 5.69 Å². The summed E-state index contributed by atoms with van der Waals surface area (Å²) in [7, 11) is 2.13. The summed E-state index contributed by atoms with van der Waals surface area (Å²) in [6, 6.07) is 7.67. The second-order valence-electron chi connectivity index (χ2n) is 5.20. The summed E-state index contributed by atoms with van der Waals surface area (Å²) in [5.41, 5.74) is 0.944. The Kier molecular flexibility index (Phi) is 4.50. The van der Waals surface area contributed by atoms with Crippen LogP contribution in [0.1, 0.15) is 31.4 Å². The molecule has 0 aliphatic heterocycles. The van der Waals surface area contributed by atoms with E-state index in [4.69, 9.17) is 0 Å². The number of benzene rings is 1. The molecule has 0 saturated heterocycles. The SMILES string of the molecule is CC(NCCN(C)C1CC1)c1ccccc1[N+](=O)[O-]. The predicted molar refractivity (Wildman–Crippen MR) is 75.2 cm³/mol. The minimum absolute atomic E-state index is 0.00537. The molecule has 1 aliphatic carbocycles. The van der Waals surface area contributed by atoms with Crippen LogP contribution in [0.15, 0.2) is 24.3 Å². The highest BCUT2D eigenvalue weighted by molar-refractivity contribution is 5.41. The summed E-state index contributed by atoms with van der Waals surface area (Å²) in [6.07, 6.45) is 2.60. The van der Waals surface area contributed by atoms with E-state index in [1.165, 1.54) is 12.8 Å². The third-order valence-corrected chi connectivity index (χ3v) is 3.69. The lowest BCUT2D eigenvalue weighted by atomic mass is 10.1. The average Bonchev–Trinajstić information content (AvgIpc) is 3.22. The van der Waals surface area contributed by atoms with E-state index >= 15 is 0 Å². The van der Waals surface area contributed by atoms with E-state index in [-0.39, 0.29) is 16.7 Å². The molecule has 0 bridgehead atoms. The van der Waals surface area contributed by atoms with Gasteiger partial charge in [-0.2, -0.15) is 0 Å². The molecule has 0 heterocycles. The van der Waals surface area contributed by atoms with Crippen molar-refractivity contribution in [3.05, 3.63) is 39.9 Å². The Morgan fingerprint density at radius 3 is 2.79 bits per heavy atom. The lowest BCUT2D eigenvalue weighted by Crippen LogP contribution is -2.32. The summed E-state index contributed by atoms with van der Waals surface area (Å²) in [5.74, 6) is 0. The zero-order chi connectivity index (χ0) is 13.8. The van der Waals surface area contributed by atoms with Crippen LogP contribution >= 0.6 is 0 Å². The van der Waals surface area contributed by atoms with Gasteiger partial charge < -0.3 is 10.2 Å². The van der Waals surface area contributed by atoms with Gasteiger partial charge in [-0.3, -0.25) is 10.1 Å². The summed E-state index contributed by atoms with van der Waals surface area (Å²) in [5, 5.41) is 14.3. The first kappa shape index (κ1) is 14.0. The van der Waals surface area contributed by atoms with Gasteiger partial charge in [0.1, 0.15) is 0 Å². The van der Waals surface area contributed by atoms with E-state index in [0.29, 0.717) is 0 Å². The number of nitrogens with zero attached hydrogens (tertiary/aromatic N) is 2. The molecule has 1 N–H and O–H groups in total. The van der Waals surface area contributed by atoms with Crippen molar-refractivity contribution in [2.24, 2.45) is 0 Å². The van der Waals surface area contributed by atoms with Gasteiger partial charge in [0.25, 0.3) is 5.69 Å². The van der Waals surface area contributed by atoms with Crippen molar-refractivity contribution in [2.75, 3.05) is 20.1 Å². The first-order valence-electron chi connectivity index (χ1n) is 6.76. The van der Waals surface area contributed by atoms with E-state index < -0.39 is 0 Å². The smallest absolute Gasteiger partial charge is 0.274 e. The fraction of sp³-hybridized carbons (Fsp3) is 0.571. The fourth-order valence-electron chi connectivity index (χ4n) is 2.29. The maximum absolute atomic E-state index is 11.0. The quantitative estimate of drug-likeness (QED) is 0.606. The molecule has 0 radical (unpaired) electrons. The summed E-state index contributed by atoms with van der Waals surface area (Å²) in [4.78, 5) is 13.0. The van der Waals surface area contributed by atoms with Gasteiger partial charge in [0.05, 0.1) is 4.92 Å². The van der Waals surface area contributed by atoms with Gasteiger partial charge in [0, 0.05) is 36.8 Å². The maximum atomic E-state index is 11.0. The van der Waals surface area contributed by atoms with Gasteiger partial charge in [-0.05, 0) is 26.8 Å². The molecule has 0 aromatic heterocycles. The lowest BCUT2D eigenvalue weighted by Gasteiger charge is -2.19. The standard InChI is InChI=1S/C14H21N3O2/c1-11(15-9-10-16(2)12-7-8-12)13-5-3-4-6-14(13)17(18)19/h3-6,11-12,15H,7-10H2,1-2H3. The van der Waals surface area contributed by atoms with Gasteiger partial charge in [-0.25, -0.2) is 0 Å². The van der Waals surface area contributed by atoms with E-state index in [9.17, 15) is 10.1 Å². The number of nitro benzene ring substituents is 1. The van der Waals surface area contributed by atoms with Crippen molar-refractivity contribution in [1.82, 2.24) is 10.2 Å². The molecule has 19 heavy (non-hydrogen) atoms. The van der Waals surface area contributed by atoms with Crippen molar-refractivity contribution in [2.45, 2.75) is 31.8 Å². The Hall–Kier alpha value is -1.46. The highest BCUT2D eigenvalue weighted by atomic mass is 16.6. The van der Waals surface area contributed by atoms with Crippen LogP contribution < -0.4 is 5.32 Å². The van der Waals surface area contributed by atoms with E-state index in [1.807, 2.05) is 19.1 Å². The molecular weight excluding hydrogens is 242 g/mol. The van der Waals surface area contributed by atoms with Gasteiger partial charge in [0.2, 0.25) is 0 Å². The van der Waals surface area contributed by atoms with Crippen LogP contribution in [-0.4, -0.2) is 36.0 Å². The van der Waals surface area contributed by atoms with Gasteiger partial charge in [-0.1, -0.05) is 18.2 Å². The topological polar surface area (TPSA) is 58.4 Å². The second kappa shape index (κ2) is 6.12. The highest BCUT2D eigenvalue weighted by Crippen LogP contribution is 2.26. The Morgan fingerprint density at radius 2 is 2.16 bits per heavy atom. The normalized spacial score (nSPS) is 16.6. The Balaban J connectivity index is 1.88. The third kappa shape index (κ3) is 3.75. The fourth-order valence-corrected chi connectivity index (χ4v) is 2.29. The number of para-hydroxylation sites is 1. The zero-order valence-electron chi connectivity index (χ0n) is 11.5. The molecular formula is C14H21N3O2. The third-order valence-electron chi connectivity index (χ3n) is 3.69. The molecule has 1 unspecified atom stereocenters. The van der Waals surface area contributed by atoms with Crippen molar-refractivity contribution in [1.29, 1.82) is 0 Å². The Labute approximate surface area is 113 Å². The number of hydrogen-bond acceptors (Lipinski definition) is 4. The van der Waals surface area contributed by atoms with Crippen LogP contribution in [0.5, 0.6) is 0 Å². The highest BCUT2D eigenvalue weighted by Gasteiger charge is 2.25. The van der Waals surface area contributed by atoms with E-state index in [0.717, 1.165) is 24.7 Å². The van der Waals surface area contributed by atoms with Crippen molar-refractivity contribution < 1.29 is 4.92 Å². The van der Waals surface area contributed by atoms with Crippen LogP contribution in [0, 0.1) is 10.1 Å². The summed E-state index contributed by atoms with van der Waals surface area (Å²) in [6.45, 7) is 3.80. The largest absolute Gasteiger partial charge is 0.309 e. The summed E-state index contributed by atoms with van der Waals surface area (Å²) >= 11 is 0. The van der Waals surface area contributed by atoms with Crippen molar-refractivity contribution in [3.63, 3.8) is 0 Å². The number of nitrogens with one attached hydrogen (secondary N) is 1. The van der Waals surface area contributed by atoms with Gasteiger partial charge >= 0.3 is 0 Å². The molecule has 1 saturated carbocycles. The first-order valence-corrected chi connectivity index (χ1v) is 6.76. The molecule has 1 aromatic rings. The monoisotopic (exact) mass is 263 g/mol. The molecule has 1 aliphatic rings. The van der Waals surface area contributed by atoms with Crippen LogP contribution in [0.3, 0.4) is 0 Å². The Bertz CT molecular complexity index is 446. The maximum Gasteiger partial charge on any atom is 0.274 e. The van der Waals surface area contributed by atoms with Crippen LogP contribution in [0.25, 0.3) is 0 Å². The minimum Gasteiger partial charge on any atom is -0.309 e. The predicted octanol–water partition coefficient (Wildman–Crippen LogP) is 2.34. The number of nitro groups is 1. The van der Waals surface area contributed by atoms with Crippen LogP contribution in [0.4, 0.5) is 5.69 Å². The van der Waals surface area contributed by atoms with Crippen molar-refractivity contribution in [3.8, 4) is 0 Å². The number of rotatable bonds is 7. The number of likely N-dealkylation sites (N-methyl/N-ethyl adjacent to an activating group) is 1. The molecule has 5 heteroatoms.